The standard InChI is InChI=1S/C8H10ClNO3S/c1-13-6-3-4-8(7(9)5-6)10-14(2,11)12/h3-5,10H,1-2H3. The number of methoxy groups -OCH3 is 1. The number of rotatable bonds is 3. The lowest BCUT2D eigenvalue weighted by atomic mass is 10.3. The second-order valence-electron chi connectivity index (χ2n) is 2.72. The molecule has 0 radical (unpaired) electrons. The highest BCUT2D eigenvalue weighted by atomic mass is 35.5. The van der Waals surface area contributed by atoms with Crippen LogP contribution in [0, 0.1) is 0 Å². The van der Waals surface area contributed by atoms with Crippen molar-refractivity contribution < 1.29 is 13.2 Å². The average Bonchev–Trinajstić information content (AvgIpc) is 2.06. The molecule has 0 aromatic heterocycles. The van der Waals surface area contributed by atoms with Crippen molar-refractivity contribution >= 4 is 27.3 Å². The van der Waals surface area contributed by atoms with E-state index in [2.05, 4.69) is 4.72 Å². The van der Waals surface area contributed by atoms with Crippen molar-refractivity contribution in [1.82, 2.24) is 0 Å². The summed E-state index contributed by atoms with van der Waals surface area (Å²) in [5.74, 6) is 0.578. The smallest absolute Gasteiger partial charge is 0.229 e. The van der Waals surface area contributed by atoms with Crippen molar-refractivity contribution in [2.45, 2.75) is 0 Å². The van der Waals surface area contributed by atoms with Gasteiger partial charge in [-0.3, -0.25) is 4.72 Å². The van der Waals surface area contributed by atoms with Crippen LogP contribution in [0.2, 0.25) is 5.02 Å². The van der Waals surface area contributed by atoms with E-state index < -0.39 is 10.0 Å². The molecular weight excluding hydrogens is 226 g/mol. The lowest BCUT2D eigenvalue weighted by Gasteiger charge is -2.07. The first-order chi connectivity index (χ1) is 6.42. The highest BCUT2D eigenvalue weighted by Gasteiger charge is 2.06. The van der Waals surface area contributed by atoms with Gasteiger partial charge in [0.15, 0.2) is 0 Å². The summed E-state index contributed by atoms with van der Waals surface area (Å²) >= 11 is 5.81. The zero-order valence-electron chi connectivity index (χ0n) is 7.74. The van der Waals surface area contributed by atoms with E-state index in [9.17, 15) is 8.42 Å². The van der Waals surface area contributed by atoms with Crippen LogP contribution in [-0.4, -0.2) is 21.8 Å². The van der Waals surface area contributed by atoms with Crippen molar-refractivity contribution in [2.75, 3.05) is 18.1 Å². The number of sulfonamides is 1. The Balaban J connectivity index is 3.01. The summed E-state index contributed by atoms with van der Waals surface area (Å²) in [6.07, 6.45) is 1.06. The molecule has 1 N–H and O–H groups in total. The molecule has 0 atom stereocenters. The van der Waals surface area contributed by atoms with E-state index in [1.807, 2.05) is 0 Å². The largest absolute Gasteiger partial charge is 0.497 e. The normalized spacial score (nSPS) is 11.1. The van der Waals surface area contributed by atoms with E-state index in [1.165, 1.54) is 13.2 Å². The van der Waals surface area contributed by atoms with Gasteiger partial charge >= 0.3 is 0 Å². The van der Waals surface area contributed by atoms with Crippen LogP contribution in [-0.2, 0) is 10.0 Å². The summed E-state index contributed by atoms with van der Waals surface area (Å²) in [5.41, 5.74) is 0.343. The van der Waals surface area contributed by atoms with Gasteiger partial charge in [0, 0.05) is 6.07 Å². The molecule has 0 unspecified atom stereocenters. The maximum atomic E-state index is 10.9. The minimum absolute atomic E-state index is 0.301. The van der Waals surface area contributed by atoms with Gasteiger partial charge in [0.2, 0.25) is 10.0 Å². The summed E-state index contributed by atoms with van der Waals surface area (Å²) in [7, 11) is -1.79. The van der Waals surface area contributed by atoms with Crippen LogP contribution >= 0.6 is 11.6 Å². The van der Waals surface area contributed by atoms with Gasteiger partial charge in [0.25, 0.3) is 0 Å². The van der Waals surface area contributed by atoms with Crippen LogP contribution in [0.4, 0.5) is 5.69 Å². The van der Waals surface area contributed by atoms with Crippen molar-refractivity contribution in [3.63, 3.8) is 0 Å². The molecule has 1 rings (SSSR count). The fourth-order valence-electron chi connectivity index (χ4n) is 0.905. The molecule has 1 aromatic carbocycles. The van der Waals surface area contributed by atoms with Gasteiger partial charge in [0.05, 0.1) is 24.1 Å². The highest BCUT2D eigenvalue weighted by Crippen LogP contribution is 2.26. The average molecular weight is 236 g/mol. The Hall–Kier alpha value is -0.940. The molecule has 0 spiro atoms. The molecule has 0 bridgehead atoms. The number of hydrogen-bond acceptors (Lipinski definition) is 3. The molecule has 4 nitrogen and oxygen atoms in total. The third-order valence-corrected chi connectivity index (χ3v) is 2.38. The minimum atomic E-state index is -3.29. The monoisotopic (exact) mass is 235 g/mol. The third-order valence-electron chi connectivity index (χ3n) is 1.47. The Kier molecular flexibility index (Phi) is 3.23. The highest BCUT2D eigenvalue weighted by molar-refractivity contribution is 7.92. The molecule has 0 aliphatic carbocycles. The zero-order valence-corrected chi connectivity index (χ0v) is 9.32. The maximum absolute atomic E-state index is 10.9. The summed E-state index contributed by atoms with van der Waals surface area (Å²) in [4.78, 5) is 0. The van der Waals surface area contributed by atoms with E-state index >= 15 is 0 Å². The summed E-state index contributed by atoms with van der Waals surface area (Å²) in [5, 5.41) is 0.301. The van der Waals surface area contributed by atoms with Crippen molar-refractivity contribution in [1.29, 1.82) is 0 Å². The lowest BCUT2D eigenvalue weighted by molar-refractivity contribution is 0.415. The summed E-state index contributed by atoms with van der Waals surface area (Å²) in [6.45, 7) is 0. The zero-order chi connectivity index (χ0) is 10.8. The molecule has 78 valence electrons. The number of ether oxygens (including phenoxy) is 1. The Morgan fingerprint density at radius 2 is 2.07 bits per heavy atom. The van der Waals surface area contributed by atoms with Crippen molar-refractivity contribution in [3.05, 3.63) is 23.2 Å². The van der Waals surface area contributed by atoms with Crippen LogP contribution in [0.3, 0.4) is 0 Å². The topological polar surface area (TPSA) is 55.4 Å². The van der Waals surface area contributed by atoms with Crippen LogP contribution in [0.15, 0.2) is 18.2 Å². The fourth-order valence-corrected chi connectivity index (χ4v) is 1.76. The molecule has 14 heavy (non-hydrogen) atoms. The van der Waals surface area contributed by atoms with Crippen molar-refractivity contribution in [2.24, 2.45) is 0 Å². The predicted molar refractivity (Wildman–Crippen MR) is 56.5 cm³/mol. The SMILES string of the molecule is COc1ccc(NS(C)(=O)=O)c(Cl)c1. The number of hydrogen-bond donors (Lipinski definition) is 1. The van der Waals surface area contributed by atoms with Crippen LogP contribution < -0.4 is 9.46 Å². The van der Waals surface area contributed by atoms with Gasteiger partial charge in [0.1, 0.15) is 5.75 Å². The molecule has 0 aliphatic heterocycles. The van der Waals surface area contributed by atoms with E-state index in [-0.39, 0.29) is 0 Å². The molecule has 0 amide bonds. The lowest BCUT2D eigenvalue weighted by Crippen LogP contribution is -2.09. The summed E-state index contributed by atoms with van der Waals surface area (Å²) in [6, 6.07) is 4.71. The number of nitrogens with one attached hydrogen (secondary N) is 1. The molecule has 0 saturated heterocycles. The maximum Gasteiger partial charge on any atom is 0.229 e. The first-order valence-corrected chi connectivity index (χ1v) is 6.00. The van der Waals surface area contributed by atoms with E-state index in [1.54, 1.807) is 12.1 Å². The number of halogens is 1. The van der Waals surface area contributed by atoms with Gasteiger partial charge in [-0.05, 0) is 12.1 Å². The Morgan fingerprint density at radius 1 is 1.43 bits per heavy atom. The van der Waals surface area contributed by atoms with Crippen LogP contribution in [0.1, 0.15) is 0 Å². The Labute approximate surface area is 87.9 Å². The predicted octanol–water partition coefficient (Wildman–Crippen LogP) is 1.72. The number of anilines is 1. The van der Waals surface area contributed by atoms with E-state index in [4.69, 9.17) is 16.3 Å². The molecular formula is C8H10ClNO3S. The third kappa shape index (κ3) is 3.08. The van der Waals surface area contributed by atoms with Gasteiger partial charge in [-0.2, -0.15) is 0 Å². The molecule has 1 aromatic rings. The molecule has 0 aliphatic rings. The van der Waals surface area contributed by atoms with Crippen molar-refractivity contribution in [3.8, 4) is 5.75 Å². The summed E-state index contributed by atoms with van der Waals surface area (Å²) < 4.78 is 29.0. The van der Waals surface area contributed by atoms with Crippen LogP contribution in [0.25, 0.3) is 0 Å². The molecule has 0 fully saturated rings. The van der Waals surface area contributed by atoms with Gasteiger partial charge < -0.3 is 4.74 Å². The van der Waals surface area contributed by atoms with Gasteiger partial charge in [-0.25, -0.2) is 8.42 Å². The number of benzene rings is 1. The van der Waals surface area contributed by atoms with E-state index in [0.29, 0.717) is 16.5 Å². The first-order valence-electron chi connectivity index (χ1n) is 3.74. The van der Waals surface area contributed by atoms with Gasteiger partial charge in [-0.1, -0.05) is 11.6 Å². The molecule has 6 heteroatoms. The second kappa shape index (κ2) is 4.06. The van der Waals surface area contributed by atoms with Crippen LogP contribution in [0.5, 0.6) is 5.75 Å². The molecule has 0 saturated carbocycles. The second-order valence-corrected chi connectivity index (χ2v) is 4.88. The fraction of sp³-hybridized carbons (Fsp3) is 0.250. The molecule has 0 heterocycles. The van der Waals surface area contributed by atoms with E-state index in [0.717, 1.165) is 6.26 Å². The quantitative estimate of drug-likeness (QED) is 0.868. The Bertz CT molecular complexity index is 430. The Morgan fingerprint density at radius 3 is 2.50 bits per heavy atom. The minimum Gasteiger partial charge on any atom is -0.497 e. The van der Waals surface area contributed by atoms with Gasteiger partial charge in [-0.15, -0.1) is 0 Å². The first kappa shape index (κ1) is 11.1.